The summed E-state index contributed by atoms with van der Waals surface area (Å²) in [7, 11) is 0. The zero-order valence-corrected chi connectivity index (χ0v) is 9.80. The molecule has 0 fully saturated rings. The highest BCUT2D eigenvalue weighted by Crippen LogP contribution is 2.16. The molecule has 0 unspecified atom stereocenters. The normalized spacial score (nSPS) is 12.2. The number of hydrogen-bond donors (Lipinski definition) is 0. The van der Waals surface area contributed by atoms with Crippen molar-refractivity contribution in [1.82, 2.24) is 9.97 Å². The molecule has 2 aromatic rings. The average Bonchev–Trinajstić information content (AvgIpc) is 2.38. The van der Waals surface area contributed by atoms with Crippen LogP contribution < -0.4 is 0 Å². The number of hydrogen-bond acceptors (Lipinski definition) is 2. The first kappa shape index (κ1) is 11.3. The summed E-state index contributed by atoms with van der Waals surface area (Å²) in [5.41, 5.74) is 3.70. The van der Waals surface area contributed by atoms with Crippen molar-refractivity contribution < 1.29 is 0 Å². The molecule has 0 radical (unpaired) electrons. The lowest BCUT2D eigenvalue weighted by atomic mass is 10.1. The van der Waals surface area contributed by atoms with E-state index >= 15 is 0 Å². The van der Waals surface area contributed by atoms with E-state index in [4.69, 9.17) is 0 Å². The van der Waals surface area contributed by atoms with Gasteiger partial charge in [0.1, 0.15) is 0 Å². The van der Waals surface area contributed by atoms with E-state index in [2.05, 4.69) is 16.5 Å². The molecule has 0 saturated carbocycles. The maximum absolute atomic E-state index is 4.58. The van der Waals surface area contributed by atoms with Gasteiger partial charge in [-0.15, -0.1) is 0 Å². The molecule has 0 N–H and O–H groups in total. The molecule has 0 bridgehead atoms. The van der Waals surface area contributed by atoms with Crippen LogP contribution in [0.25, 0.3) is 16.6 Å². The third-order valence-corrected chi connectivity index (χ3v) is 2.39. The topological polar surface area (TPSA) is 25.8 Å². The smallest absolute Gasteiger partial charge is 0.0894 e. The molecule has 1 aromatic carbocycles. The Kier molecular flexibility index (Phi) is 3.46. The van der Waals surface area contributed by atoms with E-state index < -0.39 is 0 Å². The number of nitrogens with zero attached hydrogens (tertiary/aromatic N) is 2. The standard InChI is InChI=1S/C15H14N2/c1-3-7-12(8-4-2)15-11-16-13-9-5-6-10-14(13)17-15/h3-11H,1H2,2H3/b8-4-,12-7+. The quantitative estimate of drug-likeness (QED) is 0.739. The van der Waals surface area contributed by atoms with Crippen LogP contribution in [0.1, 0.15) is 12.6 Å². The van der Waals surface area contributed by atoms with Crippen LogP contribution in [0.3, 0.4) is 0 Å². The van der Waals surface area contributed by atoms with Gasteiger partial charge in [0.2, 0.25) is 0 Å². The number of fused-ring (bicyclic) bond motifs is 1. The summed E-state index contributed by atoms with van der Waals surface area (Å²) in [6.07, 6.45) is 9.45. The van der Waals surface area contributed by atoms with E-state index in [0.717, 1.165) is 22.3 Å². The number of benzene rings is 1. The maximum atomic E-state index is 4.58. The summed E-state index contributed by atoms with van der Waals surface area (Å²) >= 11 is 0. The van der Waals surface area contributed by atoms with Crippen LogP contribution in [0.4, 0.5) is 0 Å². The Hall–Kier alpha value is -2.22. The highest BCUT2D eigenvalue weighted by Gasteiger charge is 2.01. The van der Waals surface area contributed by atoms with Gasteiger partial charge in [0, 0.05) is 5.57 Å². The number of rotatable bonds is 3. The lowest BCUT2D eigenvalue weighted by Gasteiger charge is -2.02. The Morgan fingerprint density at radius 1 is 1.24 bits per heavy atom. The molecule has 2 nitrogen and oxygen atoms in total. The van der Waals surface area contributed by atoms with Gasteiger partial charge in [-0.3, -0.25) is 4.98 Å². The molecule has 0 aliphatic heterocycles. The zero-order chi connectivity index (χ0) is 12.1. The van der Waals surface area contributed by atoms with Gasteiger partial charge in [-0.05, 0) is 19.1 Å². The third-order valence-electron chi connectivity index (χ3n) is 2.39. The number of aromatic nitrogens is 2. The van der Waals surface area contributed by atoms with Gasteiger partial charge >= 0.3 is 0 Å². The summed E-state index contributed by atoms with van der Waals surface area (Å²) < 4.78 is 0. The third kappa shape index (κ3) is 2.48. The van der Waals surface area contributed by atoms with E-state index in [1.54, 1.807) is 12.3 Å². The van der Waals surface area contributed by atoms with Crippen LogP contribution in [-0.4, -0.2) is 9.97 Å². The van der Waals surface area contributed by atoms with Crippen LogP contribution in [0.5, 0.6) is 0 Å². The van der Waals surface area contributed by atoms with Gasteiger partial charge in [0.15, 0.2) is 0 Å². The first-order chi connectivity index (χ1) is 8.35. The Labute approximate surface area is 101 Å². The molecule has 0 spiro atoms. The first-order valence-corrected chi connectivity index (χ1v) is 5.52. The van der Waals surface area contributed by atoms with Crippen LogP contribution in [0.2, 0.25) is 0 Å². The minimum Gasteiger partial charge on any atom is -0.252 e. The molecule has 1 aromatic heterocycles. The van der Waals surface area contributed by atoms with E-state index in [9.17, 15) is 0 Å². The monoisotopic (exact) mass is 222 g/mol. The van der Waals surface area contributed by atoms with Crippen molar-refractivity contribution in [3.63, 3.8) is 0 Å². The summed E-state index contributed by atoms with van der Waals surface area (Å²) in [6.45, 7) is 5.69. The molecule has 17 heavy (non-hydrogen) atoms. The maximum Gasteiger partial charge on any atom is 0.0894 e. The molecule has 2 rings (SSSR count). The largest absolute Gasteiger partial charge is 0.252 e. The molecule has 0 aliphatic rings. The fraction of sp³-hybridized carbons (Fsp3) is 0.0667. The Morgan fingerprint density at radius 3 is 2.71 bits per heavy atom. The summed E-state index contributed by atoms with van der Waals surface area (Å²) in [5.74, 6) is 0. The summed E-state index contributed by atoms with van der Waals surface area (Å²) in [6, 6.07) is 7.85. The predicted molar refractivity (Wildman–Crippen MR) is 72.5 cm³/mol. The minimum absolute atomic E-state index is 0.863. The fourth-order valence-corrected chi connectivity index (χ4v) is 1.63. The van der Waals surface area contributed by atoms with Crippen molar-refractivity contribution >= 4 is 16.6 Å². The molecule has 0 amide bonds. The van der Waals surface area contributed by atoms with Crippen LogP contribution >= 0.6 is 0 Å². The lowest BCUT2D eigenvalue weighted by Crippen LogP contribution is -1.90. The SMILES string of the molecule is C=C/C=C(\C=C/C)c1cnc2ccccc2n1. The van der Waals surface area contributed by atoms with E-state index in [1.165, 1.54) is 0 Å². The second-order valence-corrected chi connectivity index (χ2v) is 3.60. The van der Waals surface area contributed by atoms with Gasteiger partial charge < -0.3 is 0 Å². The summed E-state index contributed by atoms with van der Waals surface area (Å²) in [5, 5.41) is 0. The fourth-order valence-electron chi connectivity index (χ4n) is 1.63. The molecule has 2 heteroatoms. The zero-order valence-electron chi connectivity index (χ0n) is 9.80. The van der Waals surface area contributed by atoms with Gasteiger partial charge in [-0.25, -0.2) is 4.98 Å². The second-order valence-electron chi connectivity index (χ2n) is 3.60. The van der Waals surface area contributed by atoms with Crippen molar-refractivity contribution in [2.45, 2.75) is 6.92 Å². The minimum atomic E-state index is 0.863. The Balaban J connectivity index is 2.54. The predicted octanol–water partition coefficient (Wildman–Crippen LogP) is 3.78. The molecule has 0 saturated heterocycles. The molecule has 1 heterocycles. The highest BCUT2D eigenvalue weighted by atomic mass is 14.8. The van der Waals surface area contributed by atoms with Gasteiger partial charge in [-0.1, -0.05) is 43.0 Å². The van der Waals surface area contributed by atoms with E-state index in [0.29, 0.717) is 0 Å². The van der Waals surface area contributed by atoms with Crippen molar-refractivity contribution in [1.29, 1.82) is 0 Å². The second kappa shape index (κ2) is 5.21. The number of para-hydroxylation sites is 2. The first-order valence-electron chi connectivity index (χ1n) is 5.52. The van der Waals surface area contributed by atoms with Crippen molar-refractivity contribution in [2.24, 2.45) is 0 Å². The van der Waals surface area contributed by atoms with Crippen molar-refractivity contribution in [2.75, 3.05) is 0 Å². The summed E-state index contributed by atoms with van der Waals surface area (Å²) in [4.78, 5) is 8.98. The van der Waals surface area contributed by atoms with E-state index in [-0.39, 0.29) is 0 Å². The molecule has 0 atom stereocenters. The van der Waals surface area contributed by atoms with Crippen molar-refractivity contribution in [3.05, 3.63) is 67.0 Å². The van der Waals surface area contributed by atoms with Gasteiger partial charge in [0.05, 0.1) is 22.9 Å². The van der Waals surface area contributed by atoms with Crippen LogP contribution in [0, 0.1) is 0 Å². The van der Waals surface area contributed by atoms with Crippen LogP contribution in [0.15, 0.2) is 61.3 Å². The molecule has 84 valence electrons. The molecule has 0 aliphatic carbocycles. The van der Waals surface area contributed by atoms with E-state index in [1.807, 2.05) is 49.4 Å². The van der Waals surface area contributed by atoms with Crippen molar-refractivity contribution in [3.8, 4) is 0 Å². The number of allylic oxidation sites excluding steroid dienone is 5. The molecular formula is C15H14N2. The molecular weight excluding hydrogens is 208 g/mol. The Bertz CT molecular complexity index is 595. The van der Waals surface area contributed by atoms with Gasteiger partial charge in [-0.2, -0.15) is 0 Å². The highest BCUT2D eigenvalue weighted by molar-refractivity contribution is 5.79. The van der Waals surface area contributed by atoms with Gasteiger partial charge in [0.25, 0.3) is 0 Å². The Morgan fingerprint density at radius 2 is 2.00 bits per heavy atom. The average molecular weight is 222 g/mol. The lowest BCUT2D eigenvalue weighted by molar-refractivity contribution is 1.25. The van der Waals surface area contributed by atoms with Crippen LogP contribution in [-0.2, 0) is 0 Å².